The van der Waals surface area contributed by atoms with Crippen LogP contribution in [0.4, 0.5) is 0 Å². The van der Waals surface area contributed by atoms with Crippen LogP contribution in [-0.2, 0) is 19.1 Å². The van der Waals surface area contributed by atoms with E-state index in [1.165, 1.54) is 7.11 Å². The molecule has 0 fully saturated rings. The number of carbonyl (C=O) groups excluding carboxylic acids is 2. The lowest BCUT2D eigenvalue weighted by molar-refractivity contribution is -0.139. The van der Waals surface area contributed by atoms with Gasteiger partial charge in [0.2, 0.25) is 0 Å². The Kier molecular flexibility index (Phi) is 10.0. The van der Waals surface area contributed by atoms with E-state index in [-0.39, 0.29) is 51.1 Å². The van der Waals surface area contributed by atoms with Crippen LogP contribution in [-0.4, -0.2) is 36.6 Å². The molecule has 1 aliphatic rings. The van der Waals surface area contributed by atoms with Gasteiger partial charge in [0.05, 0.1) is 40.8 Å². The smallest absolute Gasteiger partial charge is 0.336 e. The van der Waals surface area contributed by atoms with E-state index >= 15 is 0 Å². The predicted octanol–water partition coefficient (Wildman–Crippen LogP) is 3.99. The van der Waals surface area contributed by atoms with Crippen molar-refractivity contribution in [2.75, 3.05) is 19.5 Å². The normalized spacial score (nSPS) is 15.8. The van der Waals surface area contributed by atoms with Gasteiger partial charge in [-0.15, -0.1) is 12.4 Å². The molecule has 164 valence electrons. The SMILES string of the molecule is CCOC(=O)C1=C(CSC(=N)N)NC(C)=C(C(=O)OC)C1c1cccc(Cl)c1Cl.Cl. The maximum Gasteiger partial charge on any atom is 0.336 e. The number of hydrogen-bond acceptors (Lipinski definition) is 7. The lowest BCUT2D eigenvalue weighted by Gasteiger charge is -2.31. The van der Waals surface area contributed by atoms with Crippen molar-refractivity contribution in [3.63, 3.8) is 0 Å². The standard InChI is InChI=1S/C19H21Cl2N3O4S.ClH/c1-4-28-18(26)15-12(8-29-19(22)23)24-9(2)13(17(25)27-3)14(15)10-6-5-7-11(20)16(10)21;/h5-7,14,24H,4,8H2,1-3H3,(H3,22,23);1H. The molecular weight excluding hydrogens is 473 g/mol. The third-order valence-electron chi connectivity index (χ3n) is 4.21. The Bertz CT molecular complexity index is 918. The van der Waals surface area contributed by atoms with Gasteiger partial charge in [-0.25, -0.2) is 9.59 Å². The topological polar surface area (TPSA) is 115 Å². The number of rotatable bonds is 6. The van der Waals surface area contributed by atoms with Gasteiger partial charge in [0.15, 0.2) is 5.17 Å². The highest BCUT2D eigenvalue weighted by molar-refractivity contribution is 8.13. The summed E-state index contributed by atoms with van der Waals surface area (Å²) in [7, 11) is 1.26. The van der Waals surface area contributed by atoms with Gasteiger partial charge in [-0.3, -0.25) is 5.41 Å². The summed E-state index contributed by atoms with van der Waals surface area (Å²) in [6.07, 6.45) is 0. The number of methoxy groups -OCH3 is 1. The number of nitrogens with one attached hydrogen (secondary N) is 2. The van der Waals surface area contributed by atoms with Crippen LogP contribution in [0.15, 0.2) is 40.7 Å². The second-order valence-electron chi connectivity index (χ2n) is 6.00. The van der Waals surface area contributed by atoms with E-state index in [2.05, 4.69) is 5.32 Å². The van der Waals surface area contributed by atoms with Crippen LogP contribution in [0, 0.1) is 5.41 Å². The van der Waals surface area contributed by atoms with Crippen LogP contribution >= 0.6 is 47.4 Å². The largest absolute Gasteiger partial charge is 0.466 e. The van der Waals surface area contributed by atoms with E-state index in [1.807, 2.05) is 0 Å². The first-order valence-corrected chi connectivity index (χ1v) is 10.3. The van der Waals surface area contributed by atoms with E-state index in [0.29, 0.717) is 17.0 Å². The number of amidine groups is 1. The average Bonchev–Trinajstić information content (AvgIpc) is 2.67. The van der Waals surface area contributed by atoms with Crippen LogP contribution in [0.25, 0.3) is 0 Å². The minimum Gasteiger partial charge on any atom is -0.466 e. The molecule has 0 saturated carbocycles. The van der Waals surface area contributed by atoms with Gasteiger partial charge in [-0.1, -0.05) is 47.1 Å². The van der Waals surface area contributed by atoms with Crippen molar-refractivity contribution in [1.29, 1.82) is 5.41 Å². The molecule has 0 amide bonds. The highest BCUT2D eigenvalue weighted by Gasteiger charge is 2.39. The molecule has 0 spiro atoms. The summed E-state index contributed by atoms with van der Waals surface area (Å²) in [5.74, 6) is -1.90. The summed E-state index contributed by atoms with van der Waals surface area (Å²) in [6, 6.07) is 4.99. The molecule has 4 N–H and O–H groups in total. The van der Waals surface area contributed by atoms with Crippen LogP contribution in [0.3, 0.4) is 0 Å². The molecule has 1 aromatic carbocycles. The maximum absolute atomic E-state index is 12.9. The van der Waals surface area contributed by atoms with Crippen molar-refractivity contribution < 1.29 is 19.1 Å². The third kappa shape index (κ3) is 5.63. The number of allylic oxidation sites excluding steroid dienone is 1. The molecule has 1 aromatic rings. The van der Waals surface area contributed by atoms with Gasteiger partial charge in [-0.05, 0) is 25.5 Å². The van der Waals surface area contributed by atoms with Crippen molar-refractivity contribution in [3.8, 4) is 0 Å². The number of benzene rings is 1. The zero-order valence-corrected chi connectivity index (χ0v) is 19.7. The first kappa shape index (κ1) is 26.2. The molecular formula is C19H22Cl3N3O4S. The molecule has 30 heavy (non-hydrogen) atoms. The summed E-state index contributed by atoms with van der Waals surface area (Å²) in [5.41, 5.74) is 7.30. The molecule has 2 rings (SSSR count). The highest BCUT2D eigenvalue weighted by Crippen LogP contribution is 2.43. The van der Waals surface area contributed by atoms with Gasteiger partial charge in [0.1, 0.15) is 0 Å². The Labute approximate surface area is 195 Å². The Morgan fingerprint density at radius 2 is 1.93 bits per heavy atom. The van der Waals surface area contributed by atoms with Crippen LogP contribution in [0.2, 0.25) is 10.0 Å². The molecule has 0 bridgehead atoms. The molecule has 1 heterocycles. The van der Waals surface area contributed by atoms with E-state index in [0.717, 1.165) is 11.8 Å². The maximum atomic E-state index is 12.9. The number of carbonyl (C=O) groups is 2. The molecule has 11 heteroatoms. The Hall–Kier alpha value is -1.87. The van der Waals surface area contributed by atoms with Crippen LogP contribution in [0.1, 0.15) is 25.3 Å². The molecule has 0 radical (unpaired) electrons. The molecule has 1 atom stereocenters. The lowest BCUT2D eigenvalue weighted by atomic mass is 9.80. The van der Waals surface area contributed by atoms with Gasteiger partial charge in [0, 0.05) is 17.1 Å². The Balaban J connectivity index is 0.00000450. The third-order valence-corrected chi connectivity index (χ3v) is 5.79. The number of esters is 2. The molecule has 1 aliphatic heterocycles. The van der Waals surface area contributed by atoms with E-state index < -0.39 is 17.9 Å². The number of ether oxygens (including phenoxy) is 2. The van der Waals surface area contributed by atoms with Gasteiger partial charge >= 0.3 is 11.9 Å². The van der Waals surface area contributed by atoms with Crippen molar-refractivity contribution in [2.45, 2.75) is 19.8 Å². The minimum atomic E-state index is -0.864. The van der Waals surface area contributed by atoms with Crippen LogP contribution in [0.5, 0.6) is 0 Å². The van der Waals surface area contributed by atoms with Crippen molar-refractivity contribution in [3.05, 3.63) is 56.3 Å². The number of nitrogens with two attached hydrogens (primary N) is 1. The summed E-state index contributed by atoms with van der Waals surface area (Å²) in [5, 5.41) is 10.9. The van der Waals surface area contributed by atoms with Gasteiger partial charge < -0.3 is 20.5 Å². The lowest BCUT2D eigenvalue weighted by Crippen LogP contribution is -2.34. The zero-order chi connectivity index (χ0) is 21.7. The fourth-order valence-corrected chi connectivity index (χ4v) is 3.99. The van der Waals surface area contributed by atoms with E-state index in [9.17, 15) is 9.59 Å². The van der Waals surface area contributed by atoms with Gasteiger partial charge in [0.25, 0.3) is 0 Å². The van der Waals surface area contributed by atoms with E-state index in [1.54, 1.807) is 32.0 Å². The zero-order valence-electron chi connectivity index (χ0n) is 16.5. The molecule has 0 saturated heterocycles. The summed E-state index contributed by atoms with van der Waals surface area (Å²) in [4.78, 5) is 25.6. The molecule has 7 nitrogen and oxygen atoms in total. The summed E-state index contributed by atoms with van der Waals surface area (Å²) in [6.45, 7) is 3.52. The summed E-state index contributed by atoms with van der Waals surface area (Å²) >= 11 is 13.7. The first-order chi connectivity index (χ1) is 13.7. The molecule has 1 unspecified atom stereocenters. The molecule has 0 aromatic heterocycles. The van der Waals surface area contributed by atoms with Crippen LogP contribution < -0.4 is 11.1 Å². The average molecular weight is 495 g/mol. The quantitative estimate of drug-likeness (QED) is 0.311. The Morgan fingerprint density at radius 3 is 2.50 bits per heavy atom. The van der Waals surface area contributed by atoms with Gasteiger partial charge in [-0.2, -0.15) is 0 Å². The Morgan fingerprint density at radius 1 is 1.27 bits per heavy atom. The number of halogens is 3. The minimum absolute atomic E-state index is 0. The number of dihydropyridines is 1. The predicted molar refractivity (Wildman–Crippen MR) is 122 cm³/mol. The van der Waals surface area contributed by atoms with E-state index in [4.69, 9.17) is 43.8 Å². The highest BCUT2D eigenvalue weighted by atomic mass is 35.5. The number of thioether (sulfide) groups is 1. The fourth-order valence-electron chi connectivity index (χ4n) is 3.05. The number of hydrogen-bond donors (Lipinski definition) is 3. The first-order valence-electron chi connectivity index (χ1n) is 8.59. The monoisotopic (exact) mass is 493 g/mol. The summed E-state index contributed by atoms with van der Waals surface area (Å²) < 4.78 is 10.2. The van der Waals surface area contributed by atoms with Crippen molar-refractivity contribution >= 4 is 64.5 Å². The second-order valence-corrected chi connectivity index (χ2v) is 7.80. The molecule has 0 aliphatic carbocycles. The van der Waals surface area contributed by atoms with Crippen molar-refractivity contribution in [1.82, 2.24) is 5.32 Å². The van der Waals surface area contributed by atoms with Crippen molar-refractivity contribution in [2.24, 2.45) is 5.73 Å². The fraction of sp³-hybridized carbons (Fsp3) is 0.316. The second kappa shape index (κ2) is 11.5.